The molecule has 0 aliphatic rings. The van der Waals surface area contributed by atoms with Crippen LogP contribution in [0.4, 0.5) is 10.3 Å². The molecule has 0 saturated carbocycles. The van der Waals surface area contributed by atoms with Crippen molar-refractivity contribution >= 4 is 5.95 Å². The average Bonchev–Trinajstić information content (AvgIpc) is 2.41. The lowest BCUT2D eigenvalue weighted by Gasteiger charge is -2.05. The molecule has 2 N–H and O–H groups in total. The molecule has 0 aliphatic heterocycles. The van der Waals surface area contributed by atoms with E-state index in [9.17, 15) is 4.39 Å². The molecule has 0 atom stereocenters. The highest BCUT2D eigenvalue weighted by Gasteiger charge is 2.04. The van der Waals surface area contributed by atoms with Gasteiger partial charge in [0.05, 0.1) is 0 Å². The van der Waals surface area contributed by atoms with Crippen molar-refractivity contribution in [2.24, 2.45) is 0 Å². The first-order chi connectivity index (χ1) is 8.81. The highest BCUT2D eigenvalue weighted by molar-refractivity contribution is 5.62. The molecule has 2 rings (SSSR count). The van der Waals surface area contributed by atoms with Crippen molar-refractivity contribution < 1.29 is 9.50 Å². The molecule has 4 nitrogen and oxygen atoms in total. The Kier molecular flexibility index (Phi) is 4.20. The van der Waals surface area contributed by atoms with E-state index < -0.39 is 0 Å². The molecule has 18 heavy (non-hydrogen) atoms. The Hall–Kier alpha value is -2.01. The summed E-state index contributed by atoms with van der Waals surface area (Å²) in [5.74, 6) is 0.186. The van der Waals surface area contributed by atoms with Crippen molar-refractivity contribution in [3.63, 3.8) is 0 Å². The van der Waals surface area contributed by atoms with Crippen LogP contribution in [-0.4, -0.2) is 28.2 Å². The van der Waals surface area contributed by atoms with Gasteiger partial charge in [-0.3, -0.25) is 0 Å². The maximum atomic E-state index is 13.5. The molecule has 0 unspecified atom stereocenters. The van der Waals surface area contributed by atoms with Gasteiger partial charge in [0.1, 0.15) is 5.82 Å². The molecule has 0 saturated heterocycles. The van der Waals surface area contributed by atoms with Gasteiger partial charge in [0.15, 0.2) is 0 Å². The first kappa shape index (κ1) is 12.4. The first-order valence-corrected chi connectivity index (χ1v) is 5.73. The van der Waals surface area contributed by atoms with E-state index in [0.29, 0.717) is 30.0 Å². The van der Waals surface area contributed by atoms with E-state index in [1.54, 1.807) is 30.6 Å². The molecule has 1 aromatic heterocycles. The summed E-state index contributed by atoms with van der Waals surface area (Å²) in [6, 6.07) is 6.51. The van der Waals surface area contributed by atoms with Gasteiger partial charge in [-0.15, -0.1) is 0 Å². The summed E-state index contributed by atoms with van der Waals surface area (Å²) in [5, 5.41) is 11.6. The van der Waals surface area contributed by atoms with E-state index in [4.69, 9.17) is 5.11 Å². The lowest BCUT2D eigenvalue weighted by molar-refractivity contribution is 0.292. The van der Waals surface area contributed by atoms with Gasteiger partial charge in [0.25, 0.3) is 0 Å². The largest absolute Gasteiger partial charge is 0.396 e. The quantitative estimate of drug-likeness (QED) is 0.794. The number of aliphatic hydroxyl groups excluding tert-OH is 1. The van der Waals surface area contributed by atoms with Gasteiger partial charge < -0.3 is 10.4 Å². The summed E-state index contributed by atoms with van der Waals surface area (Å²) in [6.07, 6.45) is 3.79. The summed E-state index contributed by atoms with van der Waals surface area (Å²) in [7, 11) is 0. The Bertz CT molecular complexity index is 502. The Morgan fingerprint density at radius 1 is 1.17 bits per heavy atom. The summed E-state index contributed by atoms with van der Waals surface area (Å²) in [6.45, 7) is 0.732. The standard InChI is InChI=1S/C13H14FN3O/c14-12-5-2-1-4-11(12)10-8-16-13(17-9-10)15-6-3-7-18/h1-2,4-5,8-9,18H,3,6-7H2,(H,15,16,17). The second kappa shape index (κ2) is 6.07. The third-order valence-corrected chi connectivity index (χ3v) is 2.45. The third-order valence-electron chi connectivity index (χ3n) is 2.45. The lowest BCUT2D eigenvalue weighted by atomic mass is 10.1. The number of aliphatic hydroxyl groups is 1. The lowest BCUT2D eigenvalue weighted by Crippen LogP contribution is -2.06. The molecular formula is C13H14FN3O. The molecule has 0 bridgehead atoms. The summed E-state index contributed by atoms with van der Waals surface area (Å²) in [5.41, 5.74) is 1.13. The number of nitrogens with one attached hydrogen (secondary N) is 1. The van der Waals surface area contributed by atoms with Gasteiger partial charge in [-0.2, -0.15) is 0 Å². The maximum absolute atomic E-state index is 13.5. The highest BCUT2D eigenvalue weighted by Crippen LogP contribution is 2.21. The molecule has 1 aromatic carbocycles. The molecule has 2 aromatic rings. The van der Waals surface area contributed by atoms with Crippen LogP contribution >= 0.6 is 0 Å². The van der Waals surface area contributed by atoms with Crippen molar-refractivity contribution in [2.75, 3.05) is 18.5 Å². The van der Waals surface area contributed by atoms with Gasteiger partial charge in [0.2, 0.25) is 5.95 Å². The molecule has 0 fully saturated rings. The van der Waals surface area contributed by atoms with E-state index in [1.807, 2.05) is 0 Å². The Labute approximate surface area is 105 Å². The van der Waals surface area contributed by atoms with Crippen LogP contribution in [0.3, 0.4) is 0 Å². The maximum Gasteiger partial charge on any atom is 0.222 e. The monoisotopic (exact) mass is 247 g/mol. The molecule has 1 heterocycles. The fourth-order valence-electron chi connectivity index (χ4n) is 1.53. The summed E-state index contributed by atoms with van der Waals surface area (Å²) in [4.78, 5) is 8.19. The van der Waals surface area contributed by atoms with Gasteiger partial charge >= 0.3 is 0 Å². The van der Waals surface area contributed by atoms with E-state index in [-0.39, 0.29) is 12.4 Å². The number of rotatable bonds is 5. The number of nitrogens with zero attached hydrogens (tertiary/aromatic N) is 2. The van der Waals surface area contributed by atoms with Crippen molar-refractivity contribution in [1.29, 1.82) is 0 Å². The van der Waals surface area contributed by atoms with Crippen LogP contribution in [0.2, 0.25) is 0 Å². The zero-order chi connectivity index (χ0) is 12.8. The number of halogens is 1. The van der Waals surface area contributed by atoms with E-state index >= 15 is 0 Å². The second-order valence-corrected chi connectivity index (χ2v) is 3.78. The fraction of sp³-hybridized carbons (Fsp3) is 0.231. The van der Waals surface area contributed by atoms with Crippen molar-refractivity contribution in [1.82, 2.24) is 9.97 Å². The number of aromatic nitrogens is 2. The number of anilines is 1. The topological polar surface area (TPSA) is 58.0 Å². The van der Waals surface area contributed by atoms with Crippen molar-refractivity contribution in [3.05, 3.63) is 42.5 Å². The average molecular weight is 247 g/mol. The summed E-state index contributed by atoms with van der Waals surface area (Å²) >= 11 is 0. The third kappa shape index (κ3) is 3.01. The van der Waals surface area contributed by atoms with Gasteiger partial charge in [0, 0.05) is 36.7 Å². The zero-order valence-corrected chi connectivity index (χ0v) is 9.81. The number of hydrogen-bond donors (Lipinski definition) is 2. The zero-order valence-electron chi connectivity index (χ0n) is 9.81. The molecular weight excluding hydrogens is 233 g/mol. The molecule has 0 radical (unpaired) electrons. The van der Waals surface area contributed by atoms with Crippen LogP contribution < -0.4 is 5.32 Å². The van der Waals surface area contributed by atoms with Crippen LogP contribution in [0, 0.1) is 5.82 Å². The van der Waals surface area contributed by atoms with Gasteiger partial charge in [-0.25, -0.2) is 14.4 Å². The summed E-state index contributed by atoms with van der Waals surface area (Å²) < 4.78 is 13.5. The van der Waals surface area contributed by atoms with Crippen LogP contribution in [0.25, 0.3) is 11.1 Å². The molecule has 0 aliphatic carbocycles. The smallest absolute Gasteiger partial charge is 0.222 e. The van der Waals surface area contributed by atoms with E-state index in [0.717, 1.165) is 0 Å². The van der Waals surface area contributed by atoms with Crippen LogP contribution in [0.15, 0.2) is 36.7 Å². The van der Waals surface area contributed by atoms with Gasteiger partial charge in [-0.1, -0.05) is 18.2 Å². The predicted molar refractivity (Wildman–Crippen MR) is 67.6 cm³/mol. The minimum absolute atomic E-state index is 0.125. The number of benzene rings is 1. The normalized spacial score (nSPS) is 10.3. The number of hydrogen-bond acceptors (Lipinski definition) is 4. The second-order valence-electron chi connectivity index (χ2n) is 3.78. The Balaban J connectivity index is 2.10. The fourth-order valence-corrected chi connectivity index (χ4v) is 1.53. The van der Waals surface area contributed by atoms with E-state index in [1.165, 1.54) is 6.07 Å². The SMILES string of the molecule is OCCCNc1ncc(-c2ccccc2F)cn1. The minimum Gasteiger partial charge on any atom is -0.396 e. The van der Waals surface area contributed by atoms with Crippen LogP contribution in [0.5, 0.6) is 0 Å². The first-order valence-electron chi connectivity index (χ1n) is 5.73. The molecule has 5 heteroatoms. The van der Waals surface area contributed by atoms with Crippen LogP contribution in [-0.2, 0) is 0 Å². The van der Waals surface area contributed by atoms with Crippen molar-refractivity contribution in [3.8, 4) is 11.1 Å². The van der Waals surface area contributed by atoms with Crippen LogP contribution in [0.1, 0.15) is 6.42 Å². The Morgan fingerprint density at radius 2 is 1.89 bits per heavy atom. The Morgan fingerprint density at radius 3 is 2.56 bits per heavy atom. The molecule has 0 amide bonds. The predicted octanol–water partition coefficient (Wildman–Crippen LogP) is 2.08. The molecule has 0 spiro atoms. The molecule has 94 valence electrons. The van der Waals surface area contributed by atoms with Gasteiger partial charge in [-0.05, 0) is 12.5 Å². The van der Waals surface area contributed by atoms with Crippen molar-refractivity contribution in [2.45, 2.75) is 6.42 Å². The minimum atomic E-state index is -0.290. The van der Waals surface area contributed by atoms with E-state index in [2.05, 4.69) is 15.3 Å². The highest BCUT2D eigenvalue weighted by atomic mass is 19.1.